The van der Waals surface area contributed by atoms with Crippen molar-refractivity contribution in [2.45, 2.75) is 37.1 Å². The van der Waals surface area contributed by atoms with Crippen molar-refractivity contribution in [1.29, 1.82) is 0 Å². The monoisotopic (exact) mass is 330 g/mol. The van der Waals surface area contributed by atoms with E-state index in [1.54, 1.807) is 6.07 Å². The van der Waals surface area contributed by atoms with E-state index in [2.05, 4.69) is 4.74 Å². The van der Waals surface area contributed by atoms with Gasteiger partial charge in [0, 0.05) is 10.9 Å². The van der Waals surface area contributed by atoms with Crippen LogP contribution in [-0.4, -0.2) is 23.3 Å². The fourth-order valence-corrected chi connectivity index (χ4v) is 3.76. The summed E-state index contributed by atoms with van der Waals surface area (Å²) in [7, 11) is 0. The van der Waals surface area contributed by atoms with E-state index in [-0.39, 0.29) is 17.7 Å². The van der Waals surface area contributed by atoms with Crippen LogP contribution in [0, 0.1) is 0 Å². The standard InChI is InChI=1S/C14H13F3N2O2S/c1-7-4-9-5-8-2-3-10(21-14(15,16)17)6-11(8)22-12(9)13(20)19(7)18/h2-3,6-7H,4-5,18H2,1H3. The van der Waals surface area contributed by atoms with Crippen LogP contribution in [0.3, 0.4) is 0 Å². The zero-order valence-electron chi connectivity index (χ0n) is 11.6. The van der Waals surface area contributed by atoms with Gasteiger partial charge in [0.15, 0.2) is 0 Å². The number of fused-ring (bicyclic) bond motifs is 1. The van der Waals surface area contributed by atoms with Crippen LogP contribution in [0.25, 0.3) is 0 Å². The van der Waals surface area contributed by atoms with Crippen LogP contribution in [0.4, 0.5) is 13.2 Å². The van der Waals surface area contributed by atoms with Gasteiger partial charge in [-0.3, -0.25) is 9.80 Å². The molecule has 1 atom stereocenters. The van der Waals surface area contributed by atoms with Gasteiger partial charge in [-0.25, -0.2) is 5.84 Å². The second-order valence-corrected chi connectivity index (χ2v) is 6.35. The van der Waals surface area contributed by atoms with E-state index in [4.69, 9.17) is 5.84 Å². The summed E-state index contributed by atoms with van der Waals surface area (Å²) in [5.41, 5.74) is 1.88. The first-order valence-corrected chi connectivity index (χ1v) is 7.43. The summed E-state index contributed by atoms with van der Waals surface area (Å²) < 4.78 is 40.8. The molecule has 8 heteroatoms. The highest BCUT2D eigenvalue weighted by Gasteiger charge is 2.35. The van der Waals surface area contributed by atoms with Gasteiger partial charge in [-0.15, -0.1) is 13.2 Å². The lowest BCUT2D eigenvalue weighted by Gasteiger charge is -2.34. The lowest BCUT2D eigenvalue weighted by atomic mass is 9.95. The average molecular weight is 330 g/mol. The maximum absolute atomic E-state index is 12.3. The van der Waals surface area contributed by atoms with Crippen molar-refractivity contribution in [3.05, 3.63) is 34.2 Å². The molecule has 2 heterocycles. The summed E-state index contributed by atoms with van der Waals surface area (Å²) in [6, 6.07) is 4.13. The number of carbonyl (C=O) groups is 1. The topological polar surface area (TPSA) is 55.6 Å². The first kappa shape index (κ1) is 15.2. The number of nitrogens with zero attached hydrogens (tertiary/aromatic N) is 1. The molecule has 0 fully saturated rings. The zero-order chi connectivity index (χ0) is 16.1. The molecule has 0 aromatic heterocycles. The number of hydrogen-bond donors (Lipinski definition) is 1. The van der Waals surface area contributed by atoms with E-state index in [1.807, 2.05) is 6.92 Å². The molecule has 0 bridgehead atoms. The Labute approximate surface area is 129 Å². The minimum absolute atomic E-state index is 0.0822. The molecule has 118 valence electrons. The molecular weight excluding hydrogens is 317 g/mol. The van der Waals surface area contributed by atoms with E-state index >= 15 is 0 Å². The van der Waals surface area contributed by atoms with Crippen molar-refractivity contribution in [2.75, 3.05) is 0 Å². The van der Waals surface area contributed by atoms with Gasteiger partial charge in [0.1, 0.15) is 5.75 Å². The van der Waals surface area contributed by atoms with E-state index in [9.17, 15) is 18.0 Å². The minimum Gasteiger partial charge on any atom is -0.406 e. The van der Waals surface area contributed by atoms with Crippen molar-refractivity contribution in [3.63, 3.8) is 0 Å². The van der Waals surface area contributed by atoms with Gasteiger partial charge in [-0.05, 0) is 43.0 Å². The van der Waals surface area contributed by atoms with Gasteiger partial charge in [0.2, 0.25) is 0 Å². The Hall–Kier alpha value is -1.67. The number of hydrazine groups is 1. The molecule has 0 aliphatic carbocycles. The molecule has 0 saturated heterocycles. The molecule has 1 aromatic carbocycles. The number of ether oxygens (including phenoxy) is 1. The Bertz CT molecular complexity index is 673. The van der Waals surface area contributed by atoms with E-state index in [0.717, 1.165) is 22.9 Å². The number of alkyl halides is 3. The van der Waals surface area contributed by atoms with Crippen LogP contribution < -0.4 is 10.6 Å². The highest BCUT2D eigenvalue weighted by molar-refractivity contribution is 8.04. The molecule has 0 spiro atoms. The Balaban J connectivity index is 1.90. The van der Waals surface area contributed by atoms with Crippen molar-refractivity contribution >= 4 is 17.7 Å². The van der Waals surface area contributed by atoms with Crippen LogP contribution in [0.5, 0.6) is 5.75 Å². The Morgan fingerprint density at radius 3 is 2.82 bits per heavy atom. The first-order valence-electron chi connectivity index (χ1n) is 6.61. The second-order valence-electron chi connectivity index (χ2n) is 5.29. The Morgan fingerprint density at radius 1 is 1.41 bits per heavy atom. The van der Waals surface area contributed by atoms with Gasteiger partial charge in [-0.1, -0.05) is 17.8 Å². The molecule has 1 amide bonds. The summed E-state index contributed by atoms with van der Waals surface area (Å²) in [5.74, 6) is 5.15. The third kappa shape index (κ3) is 2.80. The average Bonchev–Trinajstić information content (AvgIpc) is 2.42. The Morgan fingerprint density at radius 2 is 2.14 bits per heavy atom. The molecule has 1 aromatic rings. The van der Waals surface area contributed by atoms with Crippen LogP contribution >= 0.6 is 11.8 Å². The highest BCUT2D eigenvalue weighted by atomic mass is 32.2. The quantitative estimate of drug-likeness (QED) is 0.635. The van der Waals surface area contributed by atoms with Gasteiger partial charge >= 0.3 is 6.36 Å². The number of halogens is 3. The SMILES string of the molecule is CC1CC2=C(Sc3cc(OC(F)(F)F)ccc3C2)C(=O)N1N. The molecule has 0 saturated carbocycles. The Kier molecular flexibility index (Phi) is 3.60. The highest BCUT2D eigenvalue weighted by Crippen LogP contribution is 2.44. The largest absolute Gasteiger partial charge is 0.573 e. The number of amides is 1. The summed E-state index contributed by atoms with van der Waals surface area (Å²) in [5, 5.41) is 1.17. The van der Waals surface area contributed by atoms with Crippen molar-refractivity contribution in [3.8, 4) is 5.75 Å². The zero-order valence-corrected chi connectivity index (χ0v) is 12.4. The van der Waals surface area contributed by atoms with Crippen molar-refractivity contribution in [1.82, 2.24) is 5.01 Å². The summed E-state index contributed by atoms with van der Waals surface area (Å²) >= 11 is 1.16. The molecule has 3 rings (SSSR count). The molecule has 2 aliphatic heterocycles. The fourth-order valence-electron chi connectivity index (χ4n) is 2.60. The minimum atomic E-state index is -4.73. The molecular formula is C14H13F3N2O2S. The number of hydrogen-bond acceptors (Lipinski definition) is 4. The second kappa shape index (κ2) is 5.20. The van der Waals surface area contributed by atoms with Crippen LogP contribution in [0.15, 0.2) is 33.6 Å². The van der Waals surface area contributed by atoms with Gasteiger partial charge < -0.3 is 4.74 Å². The molecule has 4 nitrogen and oxygen atoms in total. The molecule has 2 aliphatic rings. The summed E-state index contributed by atoms with van der Waals surface area (Å²) in [6.07, 6.45) is -3.51. The number of carbonyl (C=O) groups excluding carboxylic acids is 1. The van der Waals surface area contributed by atoms with Crippen molar-refractivity contribution in [2.24, 2.45) is 5.84 Å². The van der Waals surface area contributed by atoms with Gasteiger partial charge in [0.25, 0.3) is 5.91 Å². The van der Waals surface area contributed by atoms with E-state index in [0.29, 0.717) is 22.6 Å². The van der Waals surface area contributed by atoms with Crippen molar-refractivity contribution < 1.29 is 22.7 Å². The maximum Gasteiger partial charge on any atom is 0.573 e. The number of thioether (sulfide) groups is 1. The molecule has 22 heavy (non-hydrogen) atoms. The smallest absolute Gasteiger partial charge is 0.406 e. The lowest BCUT2D eigenvalue weighted by Crippen LogP contribution is -2.48. The maximum atomic E-state index is 12.3. The third-order valence-corrected chi connectivity index (χ3v) is 4.92. The fraction of sp³-hybridized carbons (Fsp3) is 0.357. The van der Waals surface area contributed by atoms with Crippen LogP contribution in [0.2, 0.25) is 0 Å². The predicted molar refractivity (Wildman–Crippen MR) is 74.8 cm³/mol. The number of rotatable bonds is 1. The lowest BCUT2D eigenvalue weighted by molar-refractivity contribution is -0.274. The van der Waals surface area contributed by atoms with Gasteiger partial charge in [0.05, 0.1) is 4.91 Å². The molecule has 0 radical (unpaired) electrons. The normalized spacial score (nSPS) is 21.6. The van der Waals surface area contributed by atoms with Crippen LogP contribution in [-0.2, 0) is 11.2 Å². The number of benzene rings is 1. The molecule has 2 N–H and O–H groups in total. The van der Waals surface area contributed by atoms with Gasteiger partial charge in [-0.2, -0.15) is 0 Å². The first-order chi connectivity index (χ1) is 10.2. The molecule has 1 unspecified atom stereocenters. The predicted octanol–water partition coefficient (Wildman–Crippen LogP) is 2.98. The van der Waals surface area contributed by atoms with E-state index in [1.165, 1.54) is 17.1 Å². The summed E-state index contributed by atoms with van der Waals surface area (Å²) in [6.45, 7) is 1.86. The van der Waals surface area contributed by atoms with Crippen LogP contribution in [0.1, 0.15) is 18.9 Å². The third-order valence-electron chi connectivity index (χ3n) is 3.65. The van der Waals surface area contributed by atoms with E-state index < -0.39 is 6.36 Å². The summed E-state index contributed by atoms with van der Waals surface area (Å²) in [4.78, 5) is 13.3. The number of nitrogens with two attached hydrogens (primary N) is 1.